The van der Waals surface area contributed by atoms with E-state index in [4.69, 9.17) is 14.2 Å². The maximum absolute atomic E-state index is 15.0. The second kappa shape index (κ2) is 11.9. The lowest BCUT2D eigenvalue weighted by Gasteiger charge is -2.23. The van der Waals surface area contributed by atoms with E-state index in [0.717, 1.165) is 43.3 Å². The fourth-order valence-corrected chi connectivity index (χ4v) is 5.14. The number of halogens is 5. The fraction of sp³-hybridized carbons (Fsp3) is 0.481. The first-order valence-corrected chi connectivity index (χ1v) is 16.8. The third-order valence-corrected chi connectivity index (χ3v) is 8.35. The second-order valence-electron chi connectivity index (χ2n) is 11.4. The molecule has 224 valence electrons. The smallest absolute Gasteiger partial charge is 0.418 e. The molecule has 1 unspecified atom stereocenters. The number of hydrogen-bond acceptors (Lipinski definition) is 5. The minimum Gasteiger partial charge on any atom is -0.450 e. The number of carbonyl (C=O) groups is 1. The molecule has 0 bridgehead atoms. The van der Waals surface area contributed by atoms with E-state index in [1.807, 2.05) is 6.92 Å². The van der Waals surface area contributed by atoms with E-state index in [1.54, 1.807) is 0 Å². The van der Waals surface area contributed by atoms with E-state index in [1.165, 1.54) is 10.8 Å². The van der Waals surface area contributed by atoms with Crippen LogP contribution in [0.5, 0.6) is 11.5 Å². The summed E-state index contributed by atoms with van der Waals surface area (Å²) in [5, 5.41) is 4.48. The van der Waals surface area contributed by atoms with Gasteiger partial charge in [0, 0.05) is 58.0 Å². The van der Waals surface area contributed by atoms with Crippen molar-refractivity contribution >= 4 is 30.8 Å². The van der Waals surface area contributed by atoms with Crippen molar-refractivity contribution in [3.05, 3.63) is 47.8 Å². The topological polar surface area (TPSA) is 86.6 Å². The number of nitrogens with zero attached hydrogens (tertiary/aromatic N) is 2. The van der Waals surface area contributed by atoms with Crippen LogP contribution in [0.2, 0.25) is 25.7 Å². The molecule has 2 aromatic heterocycles. The average molecular weight is 601 g/mol. The predicted octanol–water partition coefficient (Wildman–Crippen LogP) is 7.13. The standard InChI is InChI=1S/C27H33F5N4O4Si/c1-26(7-5-9-39-26)15-34-25(37)35-17-12-19(28)23(20(29)13-17)40-21-6-8-33-24-22(21)18(27(30,31)32)14-36(24)16-38-10-11-41(2,3)4/h6,8,12-14H,5,7,9-11,15-16H2,1-4H3,(H2,34,35,37). The Morgan fingerprint density at radius 1 is 1.22 bits per heavy atom. The Morgan fingerprint density at radius 3 is 2.54 bits per heavy atom. The molecular formula is C27H33F5N4O4Si. The van der Waals surface area contributed by atoms with Gasteiger partial charge in [0.05, 0.1) is 16.6 Å². The van der Waals surface area contributed by atoms with Crippen LogP contribution in [0.25, 0.3) is 11.0 Å². The molecule has 0 spiro atoms. The second-order valence-corrected chi connectivity index (χ2v) is 17.1. The SMILES string of the molecule is CC1(CNC(=O)Nc2cc(F)c(Oc3ccnc4c3c(C(F)(F)F)cn4COCC[Si](C)(C)C)c(F)c2)CCCO1. The number of fused-ring (bicyclic) bond motifs is 1. The number of alkyl halides is 3. The van der Waals surface area contributed by atoms with Crippen molar-refractivity contribution in [1.82, 2.24) is 14.9 Å². The van der Waals surface area contributed by atoms with Crippen LogP contribution in [0.3, 0.4) is 0 Å². The number of benzene rings is 1. The number of aromatic nitrogens is 2. The number of urea groups is 1. The van der Waals surface area contributed by atoms with Gasteiger partial charge in [-0.3, -0.25) is 0 Å². The summed E-state index contributed by atoms with van der Waals surface area (Å²) in [6.07, 6.45) is -1.16. The monoisotopic (exact) mass is 600 g/mol. The van der Waals surface area contributed by atoms with E-state index in [9.17, 15) is 26.7 Å². The molecule has 1 aromatic carbocycles. The summed E-state index contributed by atoms with van der Waals surface area (Å²) < 4.78 is 89.6. The average Bonchev–Trinajstić information content (AvgIpc) is 3.47. The molecule has 1 aliphatic rings. The van der Waals surface area contributed by atoms with Gasteiger partial charge in [0.25, 0.3) is 0 Å². The van der Waals surface area contributed by atoms with Gasteiger partial charge >= 0.3 is 12.2 Å². The molecule has 8 nitrogen and oxygen atoms in total. The summed E-state index contributed by atoms with van der Waals surface area (Å²) in [5.41, 5.74) is -1.92. The van der Waals surface area contributed by atoms with Crippen LogP contribution in [-0.2, 0) is 22.4 Å². The van der Waals surface area contributed by atoms with Gasteiger partial charge in [-0.1, -0.05) is 19.6 Å². The molecule has 0 saturated carbocycles. The van der Waals surface area contributed by atoms with Crippen LogP contribution >= 0.6 is 0 Å². The molecule has 1 atom stereocenters. The van der Waals surface area contributed by atoms with Crippen LogP contribution < -0.4 is 15.4 Å². The van der Waals surface area contributed by atoms with E-state index in [0.29, 0.717) is 13.2 Å². The Bertz CT molecular complexity index is 1380. The van der Waals surface area contributed by atoms with E-state index in [2.05, 4.69) is 35.3 Å². The van der Waals surface area contributed by atoms with Crippen LogP contribution in [0.4, 0.5) is 32.4 Å². The van der Waals surface area contributed by atoms with E-state index < -0.39 is 60.0 Å². The lowest BCUT2D eigenvalue weighted by Crippen LogP contribution is -2.41. The third kappa shape index (κ3) is 7.74. The van der Waals surface area contributed by atoms with Crippen LogP contribution in [-0.4, -0.2) is 49.0 Å². The Balaban J connectivity index is 1.54. The van der Waals surface area contributed by atoms with E-state index in [-0.39, 0.29) is 24.6 Å². The first-order chi connectivity index (χ1) is 19.2. The normalized spacial score (nSPS) is 17.7. The highest BCUT2D eigenvalue weighted by molar-refractivity contribution is 6.76. The summed E-state index contributed by atoms with van der Waals surface area (Å²) in [4.78, 5) is 16.3. The molecule has 1 fully saturated rings. The number of hydrogen-bond donors (Lipinski definition) is 2. The molecule has 4 rings (SSSR count). The van der Waals surface area contributed by atoms with Crippen molar-refractivity contribution < 1.29 is 41.0 Å². The van der Waals surface area contributed by atoms with Crippen molar-refractivity contribution in [3.63, 3.8) is 0 Å². The first-order valence-electron chi connectivity index (χ1n) is 13.1. The number of nitrogens with one attached hydrogen (secondary N) is 2. The van der Waals surface area contributed by atoms with Crippen molar-refractivity contribution in [2.24, 2.45) is 0 Å². The Labute approximate surface area is 235 Å². The van der Waals surface area contributed by atoms with Crippen LogP contribution in [0, 0.1) is 11.6 Å². The molecule has 2 amide bonds. The van der Waals surface area contributed by atoms with Crippen molar-refractivity contribution in [2.45, 2.75) is 64.0 Å². The molecule has 3 aromatic rings. The fourth-order valence-electron chi connectivity index (χ4n) is 4.38. The lowest BCUT2D eigenvalue weighted by atomic mass is 10.0. The van der Waals surface area contributed by atoms with Gasteiger partial charge in [-0.25, -0.2) is 18.6 Å². The van der Waals surface area contributed by atoms with Crippen molar-refractivity contribution in [2.75, 3.05) is 25.1 Å². The summed E-state index contributed by atoms with van der Waals surface area (Å²) >= 11 is 0. The Kier molecular flexibility index (Phi) is 8.95. The number of ether oxygens (including phenoxy) is 3. The number of pyridine rings is 1. The zero-order valence-corrected chi connectivity index (χ0v) is 24.3. The first kappa shape index (κ1) is 30.7. The van der Waals surface area contributed by atoms with Gasteiger partial charge in [0.2, 0.25) is 0 Å². The maximum atomic E-state index is 15.0. The molecule has 41 heavy (non-hydrogen) atoms. The predicted molar refractivity (Wildman–Crippen MR) is 146 cm³/mol. The molecule has 0 radical (unpaired) electrons. The van der Waals surface area contributed by atoms with Crippen LogP contribution in [0.15, 0.2) is 30.6 Å². The van der Waals surface area contributed by atoms with Gasteiger partial charge in [0.1, 0.15) is 18.1 Å². The quantitative estimate of drug-likeness (QED) is 0.147. The molecule has 3 heterocycles. The van der Waals surface area contributed by atoms with Crippen molar-refractivity contribution in [1.29, 1.82) is 0 Å². The molecule has 1 aliphatic heterocycles. The number of carbonyl (C=O) groups excluding carboxylic acids is 1. The summed E-state index contributed by atoms with van der Waals surface area (Å²) in [7, 11) is -1.42. The third-order valence-electron chi connectivity index (χ3n) is 6.64. The van der Waals surface area contributed by atoms with Crippen molar-refractivity contribution in [3.8, 4) is 11.5 Å². The minimum atomic E-state index is -4.80. The molecule has 0 aliphatic carbocycles. The molecule has 2 N–H and O–H groups in total. The highest BCUT2D eigenvalue weighted by atomic mass is 28.3. The van der Waals surface area contributed by atoms with Gasteiger partial charge in [0.15, 0.2) is 17.4 Å². The largest absolute Gasteiger partial charge is 0.450 e. The Hall–Kier alpha value is -3.23. The molecule has 1 saturated heterocycles. The summed E-state index contributed by atoms with van der Waals surface area (Å²) in [5.74, 6) is -3.81. The minimum absolute atomic E-state index is 0.112. The summed E-state index contributed by atoms with van der Waals surface area (Å²) in [6.45, 7) is 9.27. The van der Waals surface area contributed by atoms with Crippen LogP contribution in [0.1, 0.15) is 25.3 Å². The Morgan fingerprint density at radius 2 is 1.93 bits per heavy atom. The number of anilines is 1. The maximum Gasteiger partial charge on any atom is 0.418 e. The summed E-state index contributed by atoms with van der Waals surface area (Å²) in [6, 6.07) is 2.84. The zero-order chi connectivity index (χ0) is 30.0. The van der Waals surface area contributed by atoms with E-state index >= 15 is 0 Å². The zero-order valence-electron chi connectivity index (χ0n) is 23.3. The number of amides is 2. The lowest BCUT2D eigenvalue weighted by molar-refractivity contribution is -0.136. The number of rotatable bonds is 10. The van der Waals surface area contributed by atoms with Gasteiger partial charge in [-0.15, -0.1) is 0 Å². The molecular weight excluding hydrogens is 567 g/mol. The van der Waals surface area contributed by atoms with Gasteiger partial charge in [-0.05, 0) is 31.9 Å². The molecule has 14 heteroatoms. The highest BCUT2D eigenvalue weighted by Gasteiger charge is 2.37. The van der Waals surface area contributed by atoms with Gasteiger partial charge in [-0.2, -0.15) is 13.2 Å². The highest BCUT2D eigenvalue weighted by Crippen LogP contribution is 2.42. The van der Waals surface area contributed by atoms with Gasteiger partial charge < -0.3 is 29.4 Å².